The number of aromatic nitrogens is 4. The number of nitrogens with one attached hydrogen (secondary N) is 3. The Balaban J connectivity index is 1.86. The van der Waals surface area contributed by atoms with E-state index in [0.29, 0.717) is 5.82 Å². The molecular formula is C9H14N6O3. The highest BCUT2D eigenvalue weighted by molar-refractivity contribution is 5.83. The van der Waals surface area contributed by atoms with Crippen LogP contribution < -0.4 is 10.6 Å². The van der Waals surface area contributed by atoms with E-state index >= 15 is 0 Å². The maximum Gasteiger partial charge on any atom is 0.326 e. The molecule has 0 aliphatic heterocycles. The van der Waals surface area contributed by atoms with E-state index in [1.54, 1.807) is 6.92 Å². The van der Waals surface area contributed by atoms with Gasteiger partial charge in [-0.25, -0.2) is 9.59 Å². The van der Waals surface area contributed by atoms with Gasteiger partial charge in [-0.15, -0.1) is 10.2 Å². The van der Waals surface area contributed by atoms with Crippen molar-refractivity contribution in [3.05, 3.63) is 5.82 Å². The number of aromatic amines is 1. The summed E-state index contributed by atoms with van der Waals surface area (Å²) in [6.07, 6.45) is 1.66. The van der Waals surface area contributed by atoms with E-state index in [1.807, 2.05) is 0 Å². The normalized spacial score (nSPS) is 17.8. The van der Waals surface area contributed by atoms with Crippen LogP contribution in [0.5, 0.6) is 0 Å². The first-order valence-electron chi connectivity index (χ1n) is 5.61. The third kappa shape index (κ3) is 2.93. The minimum Gasteiger partial charge on any atom is -0.480 e. The molecule has 2 rings (SSSR count). The number of rotatable bonds is 5. The predicted molar refractivity (Wildman–Crippen MR) is 58.4 cm³/mol. The highest BCUT2D eigenvalue weighted by atomic mass is 16.4. The molecule has 0 radical (unpaired) electrons. The third-order valence-electron chi connectivity index (χ3n) is 2.74. The molecule has 98 valence electrons. The summed E-state index contributed by atoms with van der Waals surface area (Å²) in [4.78, 5) is 22.6. The fourth-order valence-electron chi connectivity index (χ4n) is 1.61. The van der Waals surface area contributed by atoms with E-state index in [9.17, 15) is 9.59 Å². The van der Waals surface area contributed by atoms with E-state index in [2.05, 4.69) is 31.3 Å². The SMILES string of the molecule is CC(NC(=O)NC(C(=O)O)C1CC1)c1nn[nH]n1. The topological polar surface area (TPSA) is 133 Å². The molecule has 9 nitrogen and oxygen atoms in total. The first kappa shape index (κ1) is 12.3. The maximum atomic E-state index is 11.6. The number of aliphatic carboxylic acids is 1. The molecule has 1 saturated carbocycles. The summed E-state index contributed by atoms with van der Waals surface area (Å²) in [7, 11) is 0. The van der Waals surface area contributed by atoms with Crippen molar-refractivity contribution in [3.8, 4) is 0 Å². The van der Waals surface area contributed by atoms with Crippen LogP contribution >= 0.6 is 0 Å². The number of carboxylic acid groups (broad SMARTS) is 1. The fraction of sp³-hybridized carbons (Fsp3) is 0.667. The summed E-state index contributed by atoms with van der Waals surface area (Å²) < 4.78 is 0. The molecule has 1 aliphatic carbocycles. The maximum absolute atomic E-state index is 11.6. The third-order valence-corrected chi connectivity index (χ3v) is 2.74. The Bertz CT molecular complexity index is 430. The molecule has 0 saturated heterocycles. The van der Waals surface area contributed by atoms with Crippen LogP contribution in [0.25, 0.3) is 0 Å². The van der Waals surface area contributed by atoms with E-state index in [1.165, 1.54) is 0 Å². The molecule has 0 bridgehead atoms. The zero-order valence-electron chi connectivity index (χ0n) is 9.75. The molecule has 0 aromatic carbocycles. The van der Waals surface area contributed by atoms with Gasteiger partial charge < -0.3 is 15.7 Å². The lowest BCUT2D eigenvalue weighted by atomic mass is 10.2. The predicted octanol–water partition coefficient (Wildman–Crippen LogP) is -0.577. The molecule has 1 aliphatic rings. The Labute approximate surface area is 102 Å². The monoisotopic (exact) mass is 254 g/mol. The number of H-pyrrole nitrogens is 1. The van der Waals surface area contributed by atoms with E-state index < -0.39 is 24.1 Å². The highest BCUT2D eigenvalue weighted by Crippen LogP contribution is 2.32. The number of urea groups is 1. The van der Waals surface area contributed by atoms with Gasteiger partial charge in [0.25, 0.3) is 0 Å². The van der Waals surface area contributed by atoms with Crippen LogP contribution in [-0.4, -0.2) is 43.8 Å². The van der Waals surface area contributed by atoms with Crippen LogP contribution in [-0.2, 0) is 4.79 Å². The van der Waals surface area contributed by atoms with E-state index in [0.717, 1.165) is 12.8 Å². The lowest BCUT2D eigenvalue weighted by molar-refractivity contribution is -0.139. The van der Waals surface area contributed by atoms with Gasteiger partial charge in [-0.05, 0) is 25.7 Å². The van der Waals surface area contributed by atoms with Gasteiger partial charge in [0.1, 0.15) is 6.04 Å². The Morgan fingerprint density at radius 1 is 1.44 bits per heavy atom. The molecule has 4 N–H and O–H groups in total. The summed E-state index contributed by atoms with van der Waals surface area (Å²) in [6.45, 7) is 1.68. The van der Waals surface area contributed by atoms with Gasteiger partial charge >= 0.3 is 12.0 Å². The van der Waals surface area contributed by atoms with Crippen molar-refractivity contribution in [2.75, 3.05) is 0 Å². The van der Waals surface area contributed by atoms with Crippen molar-refractivity contribution in [2.45, 2.75) is 31.8 Å². The average Bonchev–Trinajstić information content (AvgIpc) is 2.98. The summed E-state index contributed by atoms with van der Waals surface area (Å²) in [5.41, 5.74) is 0. The highest BCUT2D eigenvalue weighted by Gasteiger charge is 2.37. The number of carbonyl (C=O) groups excluding carboxylic acids is 1. The number of hydrogen-bond donors (Lipinski definition) is 4. The van der Waals surface area contributed by atoms with Gasteiger partial charge in [-0.2, -0.15) is 5.21 Å². The molecular weight excluding hydrogens is 240 g/mol. The molecule has 1 fully saturated rings. The summed E-state index contributed by atoms with van der Waals surface area (Å²) >= 11 is 0. The molecule has 2 amide bonds. The van der Waals surface area contributed by atoms with Crippen LogP contribution in [0.2, 0.25) is 0 Å². The Morgan fingerprint density at radius 2 is 2.17 bits per heavy atom. The largest absolute Gasteiger partial charge is 0.480 e. The molecule has 0 spiro atoms. The molecule has 1 heterocycles. The number of carboxylic acids is 1. The minimum absolute atomic E-state index is 0.0359. The van der Waals surface area contributed by atoms with Crippen molar-refractivity contribution >= 4 is 12.0 Å². The lowest BCUT2D eigenvalue weighted by Gasteiger charge is -2.16. The van der Waals surface area contributed by atoms with E-state index in [-0.39, 0.29) is 5.92 Å². The number of carbonyl (C=O) groups is 2. The second-order valence-electron chi connectivity index (χ2n) is 4.26. The van der Waals surface area contributed by atoms with Crippen LogP contribution in [0.4, 0.5) is 4.79 Å². The van der Waals surface area contributed by atoms with E-state index in [4.69, 9.17) is 5.11 Å². The van der Waals surface area contributed by atoms with Crippen molar-refractivity contribution < 1.29 is 14.7 Å². The first-order valence-corrected chi connectivity index (χ1v) is 5.61. The Kier molecular flexibility index (Phi) is 3.40. The zero-order valence-corrected chi connectivity index (χ0v) is 9.75. The summed E-state index contributed by atoms with van der Waals surface area (Å²) in [5, 5.41) is 27.1. The smallest absolute Gasteiger partial charge is 0.326 e. The minimum atomic E-state index is -1.01. The molecule has 9 heteroatoms. The van der Waals surface area contributed by atoms with Crippen molar-refractivity contribution in [1.29, 1.82) is 0 Å². The molecule has 1 aromatic heterocycles. The van der Waals surface area contributed by atoms with Gasteiger partial charge in [0.15, 0.2) is 5.82 Å². The van der Waals surface area contributed by atoms with Crippen molar-refractivity contribution in [3.63, 3.8) is 0 Å². The molecule has 18 heavy (non-hydrogen) atoms. The average molecular weight is 254 g/mol. The molecule has 2 unspecified atom stereocenters. The van der Waals surface area contributed by atoms with Crippen LogP contribution in [0.15, 0.2) is 0 Å². The summed E-state index contributed by atoms with van der Waals surface area (Å²) in [6, 6.07) is -1.83. The van der Waals surface area contributed by atoms with Gasteiger partial charge in [0, 0.05) is 0 Å². The van der Waals surface area contributed by atoms with Crippen LogP contribution in [0.1, 0.15) is 31.6 Å². The number of hydrogen-bond acceptors (Lipinski definition) is 5. The number of nitrogens with zero attached hydrogens (tertiary/aromatic N) is 3. The summed E-state index contributed by atoms with van der Waals surface area (Å²) in [5.74, 6) is -0.642. The second kappa shape index (κ2) is 4.98. The molecule has 2 atom stereocenters. The van der Waals surface area contributed by atoms with Crippen LogP contribution in [0.3, 0.4) is 0 Å². The Hall–Kier alpha value is -2.19. The van der Waals surface area contributed by atoms with Gasteiger partial charge in [0.05, 0.1) is 6.04 Å². The standard InChI is InChI=1S/C9H14N6O3/c1-4(7-12-14-15-13-7)10-9(18)11-6(8(16)17)5-2-3-5/h4-6H,2-3H2,1H3,(H,16,17)(H2,10,11,18)(H,12,13,14,15). The van der Waals surface area contributed by atoms with Crippen molar-refractivity contribution in [2.24, 2.45) is 5.92 Å². The lowest BCUT2D eigenvalue weighted by Crippen LogP contribution is -2.47. The fourth-order valence-corrected chi connectivity index (χ4v) is 1.61. The van der Waals surface area contributed by atoms with Crippen molar-refractivity contribution in [1.82, 2.24) is 31.3 Å². The van der Waals surface area contributed by atoms with Gasteiger partial charge in [-0.1, -0.05) is 5.21 Å². The Morgan fingerprint density at radius 3 is 2.67 bits per heavy atom. The quantitative estimate of drug-likeness (QED) is 0.555. The second-order valence-corrected chi connectivity index (χ2v) is 4.26. The van der Waals surface area contributed by atoms with Gasteiger partial charge in [-0.3, -0.25) is 0 Å². The molecule has 1 aromatic rings. The van der Waals surface area contributed by atoms with Gasteiger partial charge in [0.2, 0.25) is 0 Å². The van der Waals surface area contributed by atoms with Crippen LogP contribution in [0, 0.1) is 5.92 Å². The first-order chi connectivity index (χ1) is 8.58. The number of amides is 2. The zero-order chi connectivity index (χ0) is 13.1. The number of tetrazole rings is 1.